The monoisotopic (exact) mass is 368 g/mol. The number of benzene rings is 2. The van der Waals surface area contributed by atoms with E-state index < -0.39 is 0 Å². The van der Waals surface area contributed by atoms with Gasteiger partial charge < -0.3 is 5.32 Å². The summed E-state index contributed by atoms with van der Waals surface area (Å²) in [5.74, 6) is -0.157. The molecule has 4 rings (SSSR count). The van der Waals surface area contributed by atoms with Gasteiger partial charge in [-0.3, -0.25) is 9.78 Å². The zero-order valence-electron chi connectivity index (χ0n) is 15.5. The van der Waals surface area contributed by atoms with Gasteiger partial charge in [-0.05, 0) is 42.8 Å². The normalized spacial score (nSPS) is 10.6. The minimum atomic E-state index is -0.157. The van der Waals surface area contributed by atoms with E-state index in [4.69, 9.17) is 5.10 Å². The van der Waals surface area contributed by atoms with Gasteiger partial charge in [-0.1, -0.05) is 42.0 Å². The van der Waals surface area contributed by atoms with Crippen molar-refractivity contribution in [3.63, 3.8) is 0 Å². The van der Waals surface area contributed by atoms with Crippen molar-refractivity contribution < 1.29 is 4.79 Å². The van der Waals surface area contributed by atoms with E-state index in [2.05, 4.69) is 10.3 Å². The number of carbonyl (C=O) groups excluding carboxylic acids is 1. The van der Waals surface area contributed by atoms with Crippen LogP contribution < -0.4 is 5.32 Å². The van der Waals surface area contributed by atoms with Crippen LogP contribution >= 0.6 is 0 Å². The van der Waals surface area contributed by atoms with Crippen molar-refractivity contribution in [1.82, 2.24) is 20.1 Å². The molecule has 2 aromatic heterocycles. The maximum atomic E-state index is 13.0. The summed E-state index contributed by atoms with van der Waals surface area (Å²) < 4.78 is 1.75. The number of pyridine rings is 1. The number of carbonyl (C=O) groups is 1. The first-order chi connectivity index (χ1) is 13.7. The number of para-hydroxylation sites is 1. The molecule has 0 unspecified atom stereocenters. The summed E-state index contributed by atoms with van der Waals surface area (Å²) in [4.78, 5) is 17.0. The van der Waals surface area contributed by atoms with E-state index in [9.17, 15) is 4.79 Å². The van der Waals surface area contributed by atoms with Gasteiger partial charge in [0.1, 0.15) is 5.69 Å². The maximum Gasteiger partial charge on any atom is 0.255 e. The molecule has 28 heavy (non-hydrogen) atoms. The van der Waals surface area contributed by atoms with Crippen LogP contribution in [0.2, 0.25) is 0 Å². The molecule has 0 saturated carbocycles. The van der Waals surface area contributed by atoms with E-state index in [-0.39, 0.29) is 5.91 Å². The minimum Gasteiger partial charge on any atom is -0.348 e. The van der Waals surface area contributed by atoms with Crippen LogP contribution in [0.3, 0.4) is 0 Å². The molecule has 0 fully saturated rings. The summed E-state index contributed by atoms with van der Waals surface area (Å²) in [6, 6.07) is 21.6. The van der Waals surface area contributed by atoms with E-state index in [0.717, 1.165) is 22.4 Å². The molecule has 2 heterocycles. The third-order valence-corrected chi connectivity index (χ3v) is 4.47. The third-order valence-electron chi connectivity index (χ3n) is 4.47. The van der Waals surface area contributed by atoms with Crippen molar-refractivity contribution in [2.24, 2.45) is 0 Å². The Morgan fingerprint density at radius 1 is 1.00 bits per heavy atom. The van der Waals surface area contributed by atoms with Gasteiger partial charge in [-0.2, -0.15) is 5.10 Å². The molecular formula is C23H20N4O. The van der Waals surface area contributed by atoms with Crippen molar-refractivity contribution in [2.45, 2.75) is 13.5 Å². The second-order valence-corrected chi connectivity index (χ2v) is 6.58. The van der Waals surface area contributed by atoms with Crippen molar-refractivity contribution in [3.05, 3.63) is 102 Å². The van der Waals surface area contributed by atoms with Crippen molar-refractivity contribution >= 4 is 5.91 Å². The molecule has 0 atom stereocenters. The lowest BCUT2D eigenvalue weighted by Crippen LogP contribution is -2.23. The fourth-order valence-corrected chi connectivity index (χ4v) is 3.04. The van der Waals surface area contributed by atoms with Crippen LogP contribution in [0.4, 0.5) is 0 Å². The molecular weight excluding hydrogens is 348 g/mol. The molecule has 5 nitrogen and oxygen atoms in total. The number of hydrogen-bond donors (Lipinski definition) is 1. The van der Waals surface area contributed by atoms with E-state index in [1.807, 2.05) is 73.7 Å². The molecule has 0 aliphatic rings. The Balaban J connectivity index is 1.70. The Morgan fingerprint density at radius 2 is 1.79 bits per heavy atom. The molecule has 1 N–H and O–H groups in total. The quantitative estimate of drug-likeness (QED) is 0.575. The first-order valence-electron chi connectivity index (χ1n) is 9.10. The molecule has 4 aromatic rings. The topological polar surface area (TPSA) is 59.8 Å². The molecule has 1 amide bonds. The smallest absolute Gasteiger partial charge is 0.255 e. The molecule has 0 aliphatic carbocycles. The van der Waals surface area contributed by atoms with Crippen molar-refractivity contribution in [2.75, 3.05) is 0 Å². The molecule has 138 valence electrons. The van der Waals surface area contributed by atoms with Gasteiger partial charge in [0, 0.05) is 30.7 Å². The summed E-state index contributed by atoms with van der Waals surface area (Å²) in [5.41, 5.74) is 5.16. The van der Waals surface area contributed by atoms with Gasteiger partial charge in [-0.15, -0.1) is 0 Å². The fraction of sp³-hybridized carbons (Fsp3) is 0.0870. The molecule has 5 heteroatoms. The lowest BCUT2D eigenvalue weighted by atomic mass is 10.1. The predicted octanol–water partition coefficient (Wildman–Crippen LogP) is 4.17. The largest absolute Gasteiger partial charge is 0.348 e. The average molecular weight is 368 g/mol. The van der Waals surface area contributed by atoms with Gasteiger partial charge in [-0.25, -0.2) is 4.68 Å². The van der Waals surface area contributed by atoms with Crippen LogP contribution in [0.5, 0.6) is 0 Å². The molecule has 0 bridgehead atoms. The first-order valence-corrected chi connectivity index (χ1v) is 9.10. The molecule has 0 spiro atoms. The number of rotatable bonds is 5. The second kappa shape index (κ2) is 7.88. The Hall–Kier alpha value is -3.73. The zero-order valence-corrected chi connectivity index (χ0v) is 15.5. The van der Waals surface area contributed by atoms with Crippen molar-refractivity contribution in [1.29, 1.82) is 0 Å². The van der Waals surface area contributed by atoms with Gasteiger partial charge in [0.05, 0.1) is 11.3 Å². The van der Waals surface area contributed by atoms with Crippen LogP contribution in [-0.4, -0.2) is 20.7 Å². The second-order valence-electron chi connectivity index (χ2n) is 6.58. The number of aromatic nitrogens is 3. The van der Waals surface area contributed by atoms with E-state index >= 15 is 0 Å². The lowest BCUT2D eigenvalue weighted by molar-refractivity contribution is 0.0951. The highest BCUT2D eigenvalue weighted by Gasteiger charge is 2.18. The van der Waals surface area contributed by atoms with Gasteiger partial charge in [0.25, 0.3) is 5.91 Å². The Bertz CT molecular complexity index is 1090. The van der Waals surface area contributed by atoms with E-state index in [1.165, 1.54) is 0 Å². The summed E-state index contributed by atoms with van der Waals surface area (Å²) in [6.07, 6.45) is 5.22. The van der Waals surface area contributed by atoms with Crippen LogP contribution in [0.15, 0.2) is 85.3 Å². The highest BCUT2D eigenvalue weighted by Crippen LogP contribution is 2.24. The predicted molar refractivity (Wildman–Crippen MR) is 109 cm³/mol. The van der Waals surface area contributed by atoms with Gasteiger partial charge in [0.2, 0.25) is 0 Å². The summed E-state index contributed by atoms with van der Waals surface area (Å²) in [7, 11) is 0. The molecule has 0 aliphatic heterocycles. The Kier molecular flexibility index (Phi) is 4.97. The number of nitrogens with zero attached hydrogens (tertiary/aromatic N) is 3. The number of nitrogens with one attached hydrogen (secondary N) is 1. The Morgan fingerprint density at radius 3 is 2.54 bits per heavy atom. The zero-order chi connectivity index (χ0) is 19.3. The third kappa shape index (κ3) is 3.83. The van der Waals surface area contributed by atoms with Crippen LogP contribution in [0.25, 0.3) is 16.9 Å². The Labute approximate surface area is 163 Å². The number of aryl methyl sites for hydroxylation is 1. The standard InChI is InChI=1S/C23H20N4O/c1-17-6-5-7-19(14-17)22-21(16-27(26-22)20-8-3-2-4-9-20)23(28)25-15-18-10-12-24-13-11-18/h2-14,16H,15H2,1H3,(H,25,28). The summed E-state index contributed by atoms with van der Waals surface area (Å²) >= 11 is 0. The molecule has 0 saturated heterocycles. The number of hydrogen-bond acceptors (Lipinski definition) is 3. The SMILES string of the molecule is Cc1cccc(-c2nn(-c3ccccc3)cc2C(=O)NCc2ccncc2)c1. The summed E-state index contributed by atoms with van der Waals surface area (Å²) in [5, 5.41) is 7.70. The fourth-order valence-electron chi connectivity index (χ4n) is 3.04. The van der Waals surface area contributed by atoms with Crippen LogP contribution in [-0.2, 0) is 6.54 Å². The highest BCUT2D eigenvalue weighted by molar-refractivity contribution is 5.99. The molecule has 0 radical (unpaired) electrons. The average Bonchev–Trinajstić information content (AvgIpc) is 3.19. The van der Waals surface area contributed by atoms with Gasteiger partial charge in [0.15, 0.2) is 0 Å². The van der Waals surface area contributed by atoms with Gasteiger partial charge >= 0.3 is 0 Å². The van der Waals surface area contributed by atoms with Crippen LogP contribution in [0, 0.1) is 6.92 Å². The minimum absolute atomic E-state index is 0.157. The van der Waals surface area contributed by atoms with Crippen molar-refractivity contribution in [3.8, 4) is 16.9 Å². The first kappa shape index (κ1) is 17.7. The highest BCUT2D eigenvalue weighted by atomic mass is 16.1. The molecule has 2 aromatic carbocycles. The number of amides is 1. The van der Waals surface area contributed by atoms with E-state index in [1.54, 1.807) is 23.3 Å². The van der Waals surface area contributed by atoms with Crippen LogP contribution in [0.1, 0.15) is 21.5 Å². The van der Waals surface area contributed by atoms with E-state index in [0.29, 0.717) is 17.8 Å². The maximum absolute atomic E-state index is 13.0. The lowest BCUT2D eigenvalue weighted by Gasteiger charge is -2.06. The summed E-state index contributed by atoms with van der Waals surface area (Å²) in [6.45, 7) is 2.46.